The van der Waals surface area contributed by atoms with Gasteiger partial charge < -0.3 is 15.2 Å². The number of rotatable bonds is 5. The molecule has 1 aliphatic carbocycles. The second-order valence-corrected chi connectivity index (χ2v) is 5.45. The third-order valence-electron chi connectivity index (χ3n) is 3.80. The van der Waals surface area contributed by atoms with Crippen LogP contribution >= 0.6 is 0 Å². The van der Waals surface area contributed by atoms with E-state index >= 15 is 0 Å². The van der Waals surface area contributed by atoms with E-state index in [1.807, 2.05) is 31.2 Å². The molecule has 3 nitrogen and oxygen atoms in total. The largest absolute Gasteiger partial charge is 0.494 e. The maximum Gasteiger partial charge on any atom is 0.121 e. The molecule has 106 valence electrons. The molecule has 2 N–H and O–H groups in total. The van der Waals surface area contributed by atoms with Gasteiger partial charge in [0.2, 0.25) is 0 Å². The highest BCUT2D eigenvalue weighted by Gasteiger charge is 2.27. The van der Waals surface area contributed by atoms with E-state index in [1.54, 1.807) is 0 Å². The van der Waals surface area contributed by atoms with Crippen LogP contribution in [0.15, 0.2) is 24.3 Å². The van der Waals surface area contributed by atoms with Gasteiger partial charge in [0.15, 0.2) is 0 Å². The average Bonchev–Trinajstić information content (AvgIpc) is 2.63. The van der Waals surface area contributed by atoms with E-state index in [2.05, 4.69) is 5.32 Å². The fourth-order valence-electron chi connectivity index (χ4n) is 2.69. The Morgan fingerprint density at radius 1 is 1.21 bits per heavy atom. The van der Waals surface area contributed by atoms with Crippen molar-refractivity contribution in [3.8, 4) is 5.75 Å². The molecule has 0 heterocycles. The number of nitrogens with one attached hydrogen (secondary N) is 1. The molecule has 1 aromatic carbocycles. The molecular formula is C16H25NO2. The van der Waals surface area contributed by atoms with Gasteiger partial charge in [0, 0.05) is 18.3 Å². The lowest BCUT2D eigenvalue weighted by molar-refractivity contribution is 0.0381. The van der Waals surface area contributed by atoms with Crippen molar-refractivity contribution < 1.29 is 9.84 Å². The zero-order valence-electron chi connectivity index (χ0n) is 11.8. The molecule has 0 bridgehead atoms. The number of ether oxygens (including phenoxy) is 1. The molecule has 0 aliphatic heterocycles. The summed E-state index contributed by atoms with van der Waals surface area (Å²) in [6.45, 7) is 3.28. The summed E-state index contributed by atoms with van der Waals surface area (Å²) in [6.07, 6.45) is 6.59. The van der Waals surface area contributed by atoms with Gasteiger partial charge in [0.25, 0.3) is 0 Å². The van der Waals surface area contributed by atoms with Crippen LogP contribution in [0.25, 0.3) is 0 Å². The molecule has 19 heavy (non-hydrogen) atoms. The van der Waals surface area contributed by atoms with Crippen molar-refractivity contribution in [1.29, 1.82) is 0 Å². The fraction of sp³-hybridized carbons (Fsp3) is 0.625. The van der Waals surface area contributed by atoms with Crippen molar-refractivity contribution in [2.45, 2.75) is 51.0 Å². The molecule has 1 saturated carbocycles. The molecule has 0 amide bonds. The average molecular weight is 263 g/mol. The zero-order chi connectivity index (χ0) is 13.6. The highest BCUT2D eigenvalue weighted by Crippen LogP contribution is 2.27. The quantitative estimate of drug-likeness (QED) is 0.798. The number of anilines is 1. The highest BCUT2D eigenvalue weighted by molar-refractivity contribution is 5.48. The Kier molecular flexibility index (Phi) is 5.08. The van der Waals surface area contributed by atoms with Crippen LogP contribution in [0.2, 0.25) is 0 Å². The van der Waals surface area contributed by atoms with Crippen LogP contribution < -0.4 is 10.1 Å². The SMILES string of the molecule is CCOc1cccc(NCC2(O)CCCCCC2)c1. The van der Waals surface area contributed by atoms with Crippen LogP contribution in [0, 0.1) is 0 Å². The van der Waals surface area contributed by atoms with Gasteiger partial charge in [-0.05, 0) is 31.9 Å². The predicted molar refractivity (Wildman–Crippen MR) is 78.8 cm³/mol. The first-order chi connectivity index (χ1) is 9.22. The smallest absolute Gasteiger partial charge is 0.121 e. The minimum absolute atomic E-state index is 0.544. The molecule has 0 spiro atoms. The number of hydrogen-bond donors (Lipinski definition) is 2. The van der Waals surface area contributed by atoms with Gasteiger partial charge in [-0.1, -0.05) is 31.7 Å². The predicted octanol–water partition coefficient (Wildman–Crippen LogP) is 3.58. The first kappa shape index (κ1) is 14.2. The highest BCUT2D eigenvalue weighted by atomic mass is 16.5. The molecule has 2 rings (SSSR count). The summed E-state index contributed by atoms with van der Waals surface area (Å²) in [5.74, 6) is 0.875. The Labute approximate surface area is 116 Å². The molecule has 1 aliphatic rings. The van der Waals surface area contributed by atoms with Crippen molar-refractivity contribution in [2.75, 3.05) is 18.5 Å². The normalized spacial score (nSPS) is 18.6. The topological polar surface area (TPSA) is 41.5 Å². The van der Waals surface area contributed by atoms with E-state index in [0.29, 0.717) is 13.2 Å². The summed E-state index contributed by atoms with van der Waals surface area (Å²) in [4.78, 5) is 0. The van der Waals surface area contributed by atoms with Crippen LogP contribution in [-0.4, -0.2) is 23.9 Å². The van der Waals surface area contributed by atoms with Gasteiger partial charge in [0.1, 0.15) is 5.75 Å². The third-order valence-corrected chi connectivity index (χ3v) is 3.80. The van der Waals surface area contributed by atoms with E-state index in [4.69, 9.17) is 4.74 Å². The van der Waals surface area contributed by atoms with Crippen molar-refractivity contribution >= 4 is 5.69 Å². The van der Waals surface area contributed by atoms with Crippen molar-refractivity contribution in [1.82, 2.24) is 0 Å². The minimum Gasteiger partial charge on any atom is -0.494 e. The lowest BCUT2D eigenvalue weighted by Crippen LogP contribution is -2.36. The fourth-order valence-corrected chi connectivity index (χ4v) is 2.69. The second-order valence-electron chi connectivity index (χ2n) is 5.45. The minimum atomic E-state index is -0.544. The van der Waals surface area contributed by atoms with Gasteiger partial charge in [-0.3, -0.25) is 0 Å². The van der Waals surface area contributed by atoms with Gasteiger partial charge in [-0.15, -0.1) is 0 Å². The summed E-state index contributed by atoms with van der Waals surface area (Å²) >= 11 is 0. The molecular weight excluding hydrogens is 238 g/mol. The first-order valence-corrected chi connectivity index (χ1v) is 7.41. The monoisotopic (exact) mass is 263 g/mol. The Morgan fingerprint density at radius 3 is 2.63 bits per heavy atom. The Morgan fingerprint density at radius 2 is 1.95 bits per heavy atom. The number of hydrogen-bond acceptors (Lipinski definition) is 3. The molecule has 0 atom stereocenters. The summed E-state index contributed by atoms with van der Waals surface area (Å²) in [5, 5.41) is 13.9. The van der Waals surface area contributed by atoms with Crippen LogP contribution in [0.1, 0.15) is 45.4 Å². The molecule has 1 aromatic rings. The molecule has 1 fully saturated rings. The molecule has 0 radical (unpaired) electrons. The summed E-state index contributed by atoms with van der Waals surface area (Å²) in [5.41, 5.74) is 0.474. The molecule has 0 unspecified atom stereocenters. The maximum absolute atomic E-state index is 10.6. The van der Waals surface area contributed by atoms with E-state index in [1.165, 1.54) is 12.8 Å². The van der Waals surface area contributed by atoms with Crippen molar-refractivity contribution in [3.05, 3.63) is 24.3 Å². The van der Waals surface area contributed by atoms with Gasteiger partial charge >= 0.3 is 0 Å². The van der Waals surface area contributed by atoms with Gasteiger partial charge in [0.05, 0.1) is 12.2 Å². The van der Waals surface area contributed by atoms with E-state index in [9.17, 15) is 5.11 Å². The lowest BCUT2D eigenvalue weighted by Gasteiger charge is -2.27. The summed E-state index contributed by atoms with van der Waals surface area (Å²) < 4.78 is 5.48. The molecule has 3 heteroatoms. The zero-order valence-corrected chi connectivity index (χ0v) is 11.8. The van der Waals surface area contributed by atoms with E-state index in [-0.39, 0.29) is 0 Å². The van der Waals surface area contributed by atoms with Gasteiger partial charge in [-0.2, -0.15) is 0 Å². The summed E-state index contributed by atoms with van der Waals surface area (Å²) in [6, 6.07) is 7.94. The molecule has 0 aromatic heterocycles. The van der Waals surface area contributed by atoms with Gasteiger partial charge in [-0.25, -0.2) is 0 Å². The Hall–Kier alpha value is -1.22. The Bertz CT molecular complexity index is 384. The lowest BCUT2D eigenvalue weighted by atomic mass is 9.94. The number of benzene rings is 1. The standard InChI is InChI=1S/C16H25NO2/c1-2-19-15-9-7-8-14(12-15)17-13-16(18)10-5-3-4-6-11-16/h7-9,12,17-18H,2-6,10-11,13H2,1H3. The van der Waals surface area contributed by atoms with Crippen molar-refractivity contribution in [2.24, 2.45) is 0 Å². The van der Waals surface area contributed by atoms with Crippen LogP contribution in [0.3, 0.4) is 0 Å². The van der Waals surface area contributed by atoms with E-state index < -0.39 is 5.60 Å². The second kappa shape index (κ2) is 6.80. The van der Waals surface area contributed by atoms with Crippen LogP contribution in [-0.2, 0) is 0 Å². The van der Waals surface area contributed by atoms with E-state index in [0.717, 1.165) is 37.1 Å². The molecule has 0 saturated heterocycles. The Balaban J connectivity index is 1.91. The van der Waals surface area contributed by atoms with Crippen LogP contribution in [0.4, 0.5) is 5.69 Å². The maximum atomic E-state index is 10.6. The third kappa shape index (κ3) is 4.43. The van der Waals surface area contributed by atoms with Crippen molar-refractivity contribution in [3.63, 3.8) is 0 Å². The summed E-state index contributed by atoms with van der Waals surface area (Å²) in [7, 11) is 0. The first-order valence-electron chi connectivity index (χ1n) is 7.41. The van der Waals surface area contributed by atoms with Crippen LogP contribution in [0.5, 0.6) is 5.75 Å². The number of aliphatic hydroxyl groups is 1.